The number of ether oxygens (including phenoxy) is 1. The lowest BCUT2D eigenvalue weighted by molar-refractivity contribution is 0.404. The minimum Gasteiger partial charge on any atom is -0.496 e. The summed E-state index contributed by atoms with van der Waals surface area (Å²) in [6.07, 6.45) is 3.47. The molecule has 100 valence electrons. The molecule has 2 N–H and O–H groups in total. The van der Waals surface area contributed by atoms with E-state index in [0.717, 1.165) is 22.7 Å². The van der Waals surface area contributed by atoms with E-state index in [9.17, 15) is 0 Å². The summed E-state index contributed by atoms with van der Waals surface area (Å²) in [5, 5.41) is 0. The highest BCUT2D eigenvalue weighted by Gasteiger charge is 2.20. The maximum Gasteiger partial charge on any atom is 0.137 e. The van der Waals surface area contributed by atoms with E-state index in [1.165, 1.54) is 5.56 Å². The molecule has 0 spiro atoms. The summed E-state index contributed by atoms with van der Waals surface area (Å²) in [5.74, 6) is 1.55. The molecule has 1 unspecified atom stereocenters. The van der Waals surface area contributed by atoms with Gasteiger partial charge in [-0.05, 0) is 25.5 Å². The fourth-order valence-electron chi connectivity index (χ4n) is 2.39. The summed E-state index contributed by atoms with van der Waals surface area (Å²) in [6, 6.07) is 6.00. The molecule has 0 bridgehead atoms. The number of aryl methyl sites for hydroxylation is 2. The first-order valence-electron chi connectivity index (χ1n) is 6.29. The first kappa shape index (κ1) is 13.5. The Balaban J connectivity index is 2.55. The summed E-state index contributed by atoms with van der Waals surface area (Å²) >= 11 is 0. The minimum absolute atomic E-state index is 0.0465. The van der Waals surface area contributed by atoms with Crippen LogP contribution in [0.25, 0.3) is 0 Å². The van der Waals surface area contributed by atoms with Crippen molar-refractivity contribution in [1.29, 1.82) is 0 Å². The third kappa shape index (κ3) is 2.74. The van der Waals surface area contributed by atoms with Crippen LogP contribution in [0.4, 0.5) is 0 Å². The van der Waals surface area contributed by atoms with Gasteiger partial charge >= 0.3 is 0 Å². The van der Waals surface area contributed by atoms with Crippen molar-refractivity contribution in [2.75, 3.05) is 13.7 Å². The number of aromatic nitrogens is 2. The molecule has 0 aliphatic carbocycles. The van der Waals surface area contributed by atoms with E-state index in [1.54, 1.807) is 25.6 Å². The van der Waals surface area contributed by atoms with Gasteiger partial charge in [0, 0.05) is 24.5 Å². The molecule has 4 nitrogen and oxygen atoms in total. The molecule has 1 heterocycles. The van der Waals surface area contributed by atoms with Crippen LogP contribution in [0.15, 0.2) is 30.6 Å². The Labute approximate surface area is 113 Å². The Morgan fingerprint density at radius 2 is 1.89 bits per heavy atom. The second kappa shape index (κ2) is 5.80. The van der Waals surface area contributed by atoms with Crippen LogP contribution in [0.1, 0.15) is 28.4 Å². The zero-order chi connectivity index (χ0) is 13.8. The summed E-state index contributed by atoms with van der Waals surface area (Å²) < 4.78 is 5.52. The van der Waals surface area contributed by atoms with Crippen LogP contribution in [0.3, 0.4) is 0 Å². The molecular weight excluding hydrogens is 238 g/mol. The average Bonchev–Trinajstić information content (AvgIpc) is 2.40. The van der Waals surface area contributed by atoms with E-state index in [1.807, 2.05) is 6.92 Å². The molecule has 2 rings (SSSR count). The fourth-order valence-corrected chi connectivity index (χ4v) is 2.39. The standard InChI is InChI=1S/C15H19N3O/c1-10-7-11(2)14(19-3)12(8-10)13(9-16)15-17-5-4-6-18-15/h4-8,13H,9,16H2,1-3H3. The Hall–Kier alpha value is -1.94. The largest absolute Gasteiger partial charge is 0.496 e. The first-order valence-corrected chi connectivity index (χ1v) is 6.29. The second-order valence-corrected chi connectivity index (χ2v) is 4.60. The highest BCUT2D eigenvalue weighted by molar-refractivity contribution is 5.47. The predicted molar refractivity (Wildman–Crippen MR) is 75.4 cm³/mol. The first-order chi connectivity index (χ1) is 9.17. The van der Waals surface area contributed by atoms with Crippen molar-refractivity contribution in [3.63, 3.8) is 0 Å². The lowest BCUT2D eigenvalue weighted by atomic mass is 9.93. The number of rotatable bonds is 4. The topological polar surface area (TPSA) is 61.0 Å². The third-order valence-corrected chi connectivity index (χ3v) is 3.16. The van der Waals surface area contributed by atoms with Gasteiger partial charge in [0.05, 0.1) is 13.0 Å². The highest BCUT2D eigenvalue weighted by Crippen LogP contribution is 2.33. The summed E-state index contributed by atoms with van der Waals surface area (Å²) in [7, 11) is 1.68. The Morgan fingerprint density at radius 3 is 2.47 bits per heavy atom. The van der Waals surface area contributed by atoms with Crippen LogP contribution >= 0.6 is 0 Å². The van der Waals surface area contributed by atoms with Gasteiger partial charge in [-0.3, -0.25) is 0 Å². The average molecular weight is 257 g/mol. The van der Waals surface area contributed by atoms with Gasteiger partial charge in [-0.15, -0.1) is 0 Å². The van der Waals surface area contributed by atoms with Crippen molar-refractivity contribution in [3.05, 3.63) is 53.1 Å². The van der Waals surface area contributed by atoms with E-state index in [2.05, 4.69) is 29.0 Å². The number of hydrogen-bond acceptors (Lipinski definition) is 4. The number of nitrogens with two attached hydrogens (primary N) is 1. The monoisotopic (exact) mass is 257 g/mol. The number of methoxy groups -OCH3 is 1. The van der Waals surface area contributed by atoms with Crippen LogP contribution in [-0.2, 0) is 0 Å². The van der Waals surface area contributed by atoms with Crippen LogP contribution in [-0.4, -0.2) is 23.6 Å². The highest BCUT2D eigenvalue weighted by atomic mass is 16.5. The summed E-state index contributed by atoms with van der Waals surface area (Å²) in [6.45, 7) is 4.55. The van der Waals surface area contributed by atoms with Crippen LogP contribution in [0, 0.1) is 13.8 Å². The zero-order valence-corrected chi connectivity index (χ0v) is 11.6. The maximum atomic E-state index is 5.93. The molecule has 0 amide bonds. The molecule has 1 atom stereocenters. The Bertz CT molecular complexity index is 555. The number of nitrogens with zero attached hydrogens (tertiary/aromatic N) is 2. The molecule has 0 saturated heterocycles. The Kier molecular flexibility index (Phi) is 4.12. The smallest absolute Gasteiger partial charge is 0.137 e. The van der Waals surface area contributed by atoms with Gasteiger partial charge in [0.1, 0.15) is 11.6 Å². The quantitative estimate of drug-likeness (QED) is 0.912. The predicted octanol–water partition coefficient (Wildman–Crippen LogP) is 2.19. The summed E-state index contributed by atoms with van der Waals surface area (Å²) in [4.78, 5) is 8.63. The van der Waals surface area contributed by atoms with E-state index in [0.29, 0.717) is 6.54 Å². The van der Waals surface area contributed by atoms with E-state index < -0.39 is 0 Å². The minimum atomic E-state index is -0.0465. The Morgan fingerprint density at radius 1 is 1.21 bits per heavy atom. The van der Waals surface area contributed by atoms with Crippen molar-refractivity contribution >= 4 is 0 Å². The zero-order valence-electron chi connectivity index (χ0n) is 11.6. The third-order valence-electron chi connectivity index (χ3n) is 3.16. The SMILES string of the molecule is COc1c(C)cc(C)cc1C(CN)c1ncccn1. The molecule has 1 aromatic carbocycles. The molecule has 0 aliphatic heterocycles. The molecule has 0 fully saturated rings. The lowest BCUT2D eigenvalue weighted by Crippen LogP contribution is -2.17. The molecule has 4 heteroatoms. The fraction of sp³-hybridized carbons (Fsp3) is 0.333. The molecular formula is C15H19N3O. The second-order valence-electron chi connectivity index (χ2n) is 4.60. The molecule has 19 heavy (non-hydrogen) atoms. The molecule has 1 aromatic heterocycles. The van der Waals surface area contributed by atoms with Crippen molar-refractivity contribution in [3.8, 4) is 5.75 Å². The maximum absolute atomic E-state index is 5.93. The molecule has 0 saturated carbocycles. The van der Waals surface area contributed by atoms with Crippen molar-refractivity contribution in [2.24, 2.45) is 5.73 Å². The molecule has 2 aromatic rings. The summed E-state index contributed by atoms with van der Waals surface area (Å²) in [5.41, 5.74) is 9.26. The normalized spacial score (nSPS) is 12.2. The van der Waals surface area contributed by atoms with Gasteiger partial charge in [0.15, 0.2) is 0 Å². The van der Waals surface area contributed by atoms with Crippen LogP contribution in [0.2, 0.25) is 0 Å². The van der Waals surface area contributed by atoms with E-state index in [-0.39, 0.29) is 5.92 Å². The van der Waals surface area contributed by atoms with Gasteiger partial charge in [-0.2, -0.15) is 0 Å². The van der Waals surface area contributed by atoms with Gasteiger partial charge in [-0.25, -0.2) is 9.97 Å². The number of hydrogen-bond donors (Lipinski definition) is 1. The van der Waals surface area contributed by atoms with Gasteiger partial charge in [0.25, 0.3) is 0 Å². The molecule has 0 aliphatic rings. The van der Waals surface area contributed by atoms with Crippen LogP contribution in [0.5, 0.6) is 5.75 Å². The van der Waals surface area contributed by atoms with Crippen molar-refractivity contribution in [2.45, 2.75) is 19.8 Å². The van der Waals surface area contributed by atoms with E-state index in [4.69, 9.17) is 10.5 Å². The molecule has 0 radical (unpaired) electrons. The lowest BCUT2D eigenvalue weighted by Gasteiger charge is -2.19. The van der Waals surface area contributed by atoms with E-state index >= 15 is 0 Å². The van der Waals surface area contributed by atoms with Crippen molar-refractivity contribution in [1.82, 2.24) is 9.97 Å². The van der Waals surface area contributed by atoms with Gasteiger partial charge in [0.2, 0.25) is 0 Å². The van der Waals surface area contributed by atoms with Gasteiger partial charge in [-0.1, -0.05) is 17.7 Å². The van der Waals surface area contributed by atoms with Gasteiger partial charge < -0.3 is 10.5 Å². The van der Waals surface area contributed by atoms with Crippen molar-refractivity contribution < 1.29 is 4.74 Å². The van der Waals surface area contributed by atoms with Crippen LogP contribution < -0.4 is 10.5 Å². The number of benzene rings is 1.